The summed E-state index contributed by atoms with van der Waals surface area (Å²) in [6.07, 6.45) is 3.00. The summed E-state index contributed by atoms with van der Waals surface area (Å²) >= 11 is 0. The van der Waals surface area contributed by atoms with Crippen LogP contribution in [0.5, 0.6) is 5.88 Å². The average Bonchev–Trinajstić information content (AvgIpc) is 2.89. The van der Waals surface area contributed by atoms with Crippen LogP contribution >= 0.6 is 0 Å². The molecule has 0 radical (unpaired) electrons. The van der Waals surface area contributed by atoms with E-state index in [9.17, 15) is 5.11 Å². The van der Waals surface area contributed by atoms with Crippen molar-refractivity contribution in [1.29, 1.82) is 0 Å². The van der Waals surface area contributed by atoms with E-state index >= 15 is 0 Å². The Morgan fingerprint density at radius 1 is 1.47 bits per heavy atom. The Morgan fingerprint density at radius 2 is 2.26 bits per heavy atom. The summed E-state index contributed by atoms with van der Waals surface area (Å²) in [5.41, 5.74) is -0.369. The Labute approximate surface area is 111 Å². The fraction of sp³-hybridized carbons (Fsp3) is 0.462. The van der Waals surface area contributed by atoms with Crippen LogP contribution in [0.3, 0.4) is 0 Å². The molecule has 0 spiro atoms. The van der Waals surface area contributed by atoms with Crippen LogP contribution in [-0.4, -0.2) is 27.3 Å². The van der Waals surface area contributed by atoms with Crippen molar-refractivity contribution in [3.05, 3.63) is 24.2 Å². The molecule has 0 amide bonds. The molecule has 6 nitrogen and oxygen atoms in total. The highest BCUT2D eigenvalue weighted by atomic mass is 16.5. The molecule has 0 aliphatic carbocycles. The molecule has 19 heavy (non-hydrogen) atoms. The molecule has 0 saturated heterocycles. The molecule has 0 unspecified atom stereocenters. The highest BCUT2D eigenvalue weighted by Gasteiger charge is 2.29. The molecule has 6 heteroatoms. The summed E-state index contributed by atoms with van der Waals surface area (Å²) in [4.78, 5) is 8.25. The molecular formula is C13H17N3O3. The lowest BCUT2D eigenvalue weighted by molar-refractivity contribution is 0.0138. The molecule has 0 saturated carbocycles. The Hall–Kier alpha value is -1.95. The maximum atomic E-state index is 10.2. The number of rotatable bonds is 5. The zero-order valence-electron chi connectivity index (χ0n) is 11.3. The third-order valence-corrected chi connectivity index (χ3v) is 2.83. The van der Waals surface area contributed by atoms with E-state index in [1.54, 1.807) is 32.4 Å². The zero-order chi connectivity index (χ0) is 13.9. The fourth-order valence-electron chi connectivity index (χ4n) is 1.81. The minimum absolute atomic E-state index is 0.222. The monoisotopic (exact) mass is 263 g/mol. The molecule has 1 N–H and O–H groups in total. The first-order valence-corrected chi connectivity index (χ1v) is 6.14. The third kappa shape index (κ3) is 2.90. The van der Waals surface area contributed by atoms with Crippen LogP contribution in [0.25, 0.3) is 11.4 Å². The minimum Gasteiger partial charge on any atom is -0.481 e. The Morgan fingerprint density at radius 3 is 2.95 bits per heavy atom. The number of aliphatic hydroxyl groups is 1. The molecule has 2 aromatic rings. The lowest BCUT2D eigenvalue weighted by atomic mass is 10.0. The molecule has 0 aromatic carbocycles. The summed E-state index contributed by atoms with van der Waals surface area (Å²) in [6, 6.07) is 3.47. The van der Waals surface area contributed by atoms with E-state index in [4.69, 9.17) is 9.26 Å². The van der Waals surface area contributed by atoms with Crippen molar-refractivity contribution in [2.75, 3.05) is 7.11 Å². The van der Waals surface area contributed by atoms with Gasteiger partial charge in [-0.3, -0.25) is 0 Å². The Balaban J connectivity index is 2.30. The predicted molar refractivity (Wildman–Crippen MR) is 68.6 cm³/mol. The van der Waals surface area contributed by atoms with Gasteiger partial charge in [-0.2, -0.15) is 4.98 Å². The molecule has 1 atom stereocenters. The highest BCUT2D eigenvalue weighted by molar-refractivity contribution is 5.55. The van der Waals surface area contributed by atoms with E-state index in [1.807, 2.05) is 6.92 Å². The van der Waals surface area contributed by atoms with Crippen molar-refractivity contribution in [3.8, 4) is 17.3 Å². The summed E-state index contributed by atoms with van der Waals surface area (Å²) in [6.45, 7) is 3.65. The number of methoxy groups -OCH3 is 1. The molecular weight excluding hydrogens is 246 g/mol. The van der Waals surface area contributed by atoms with Crippen molar-refractivity contribution in [1.82, 2.24) is 15.1 Å². The van der Waals surface area contributed by atoms with Gasteiger partial charge < -0.3 is 14.4 Å². The first-order chi connectivity index (χ1) is 9.06. The van der Waals surface area contributed by atoms with Crippen LogP contribution in [-0.2, 0) is 5.60 Å². The second-order valence-corrected chi connectivity index (χ2v) is 4.53. The van der Waals surface area contributed by atoms with Crippen molar-refractivity contribution >= 4 is 0 Å². The van der Waals surface area contributed by atoms with Crippen LogP contribution in [0.4, 0.5) is 0 Å². The Kier molecular flexibility index (Phi) is 3.80. The smallest absolute Gasteiger partial charge is 0.258 e. The lowest BCUT2D eigenvalue weighted by Crippen LogP contribution is -2.21. The van der Waals surface area contributed by atoms with Crippen molar-refractivity contribution in [3.63, 3.8) is 0 Å². The number of ether oxygens (including phenoxy) is 1. The molecule has 0 aliphatic heterocycles. The van der Waals surface area contributed by atoms with Gasteiger partial charge in [0.1, 0.15) is 5.60 Å². The van der Waals surface area contributed by atoms with E-state index in [2.05, 4.69) is 15.1 Å². The maximum Gasteiger partial charge on any atom is 0.258 e. The first kappa shape index (κ1) is 13.5. The van der Waals surface area contributed by atoms with Crippen LogP contribution < -0.4 is 4.74 Å². The van der Waals surface area contributed by atoms with Crippen LogP contribution in [0.2, 0.25) is 0 Å². The predicted octanol–water partition coefficient (Wildman–Crippen LogP) is 2.15. The van der Waals surface area contributed by atoms with Gasteiger partial charge in [-0.05, 0) is 19.4 Å². The second kappa shape index (κ2) is 5.36. The zero-order valence-corrected chi connectivity index (χ0v) is 11.3. The van der Waals surface area contributed by atoms with Gasteiger partial charge in [-0.25, -0.2) is 4.98 Å². The van der Waals surface area contributed by atoms with Gasteiger partial charge in [0.15, 0.2) is 0 Å². The fourth-order valence-corrected chi connectivity index (χ4v) is 1.81. The van der Waals surface area contributed by atoms with Gasteiger partial charge in [-0.1, -0.05) is 18.5 Å². The summed E-state index contributed by atoms with van der Waals surface area (Å²) < 4.78 is 10.2. The number of hydrogen-bond acceptors (Lipinski definition) is 6. The van der Waals surface area contributed by atoms with E-state index in [0.29, 0.717) is 18.1 Å². The lowest BCUT2D eigenvalue weighted by Gasteiger charge is -2.16. The van der Waals surface area contributed by atoms with Crippen molar-refractivity contribution in [2.24, 2.45) is 0 Å². The van der Waals surface area contributed by atoms with Gasteiger partial charge >= 0.3 is 0 Å². The quantitative estimate of drug-likeness (QED) is 0.890. The minimum atomic E-state index is -1.10. The summed E-state index contributed by atoms with van der Waals surface area (Å²) in [5, 5.41) is 14.1. The highest BCUT2D eigenvalue weighted by Crippen LogP contribution is 2.27. The average molecular weight is 263 g/mol. The van der Waals surface area contributed by atoms with Crippen LogP contribution in [0.1, 0.15) is 32.6 Å². The molecule has 2 aromatic heterocycles. The summed E-state index contributed by atoms with van der Waals surface area (Å²) in [5.74, 6) is 1.11. The number of pyridine rings is 1. The van der Waals surface area contributed by atoms with E-state index in [0.717, 1.165) is 12.0 Å². The summed E-state index contributed by atoms with van der Waals surface area (Å²) in [7, 11) is 1.54. The van der Waals surface area contributed by atoms with E-state index in [1.165, 1.54) is 0 Å². The van der Waals surface area contributed by atoms with Crippen LogP contribution in [0.15, 0.2) is 22.9 Å². The normalized spacial score (nSPS) is 14.1. The largest absolute Gasteiger partial charge is 0.481 e. The van der Waals surface area contributed by atoms with Crippen molar-refractivity contribution in [2.45, 2.75) is 32.3 Å². The second-order valence-electron chi connectivity index (χ2n) is 4.53. The molecule has 0 bridgehead atoms. The molecule has 2 rings (SSSR count). The van der Waals surface area contributed by atoms with Gasteiger partial charge in [0.2, 0.25) is 11.7 Å². The number of aromatic nitrogens is 3. The maximum absolute atomic E-state index is 10.2. The van der Waals surface area contributed by atoms with Gasteiger partial charge in [0, 0.05) is 17.8 Å². The van der Waals surface area contributed by atoms with E-state index in [-0.39, 0.29) is 5.89 Å². The topological polar surface area (TPSA) is 81.3 Å². The number of nitrogens with zero attached hydrogens (tertiary/aromatic N) is 3. The number of hydrogen-bond donors (Lipinski definition) is 1. The molecule has 0 aliphatic rings. The van der Waals surface area contributed by atoms with E-state index < -0.39 is 5.60 Å². The van der Waals surface area contributed by atoms with Crippen molar-refractivity contribution < 1.29 is 14.4 Å². The van der Waals surface area contributed by atoms with Gasteiger partial charge in [-0.15, -0.1) is 0 Å². The Bertz CT molecular complexity index is 552. The molecule has 102 valence electrons. The molecule has 2 heterocycles. The SMILES string of the molecule is CCC[C@@](C)(O)c1nc(-c2ccnc(OC)c2)no1. The molecule has 0 fully saturated rings. The van der Waals surface area contributed by atoms with Crippen LogP contribution in [0, 0.1) is 0 Å². The standard InChI is InChI=1S/C13H17N3O3/c1-4-6-13(2,17)12-15-11(16-19-12)9-5-7-14-10(8-9)18-3/h5,7-8,17H,4,6H2,1-3H3/t13-/m1/s1. The van der Waals surface area contributed by atoms with Gasteiger partial charge in [0.25, 0.3) is 5.89 Å². The first-order valence-electron chi connectivity index (χ1n) is 6.14. The van der Waals surface area contributed by atoms with Gasteiger partial charge in [0.05, 0.1) is 7.11 Å². The third-order valence-electron chi connectivity index (χ3n) is 2.83.